The molecule has 0 aliphatic carbocycles. The zero-order valence-electron chi connectivity index (χ0n) is 15.6. The second kappa shape index (κ2) is 5.96. The fourth-order valence-electron chi connectivity index (χ4n) is 3.53. The van der Waals surface area contributed by atoms with Crippen LogP contribution in [0.25, 0.3) is 16.8 Å². The maximum Gasteiger partial charge on any atom is 0.143 e. The van der Waals surface area contributed by atoms with Crippen LogP contribution in [0.3, 0.4) is 0 Å². The minimum absolute atomic E-state index is 0.182. The lowest BCUT2D eigenvalue weighted by Gasteiger charge is -2.33. The molecule has 0 saturated carbocycles. The molecule has 0 fully saturated rings. The number of anilines is 1. The van der Waals surface area contributed by atoms with Crippen molar-refractivity contribution in [3.63, 3.8) is 0 Å². The van der Waals surface area contributed by atoms with Crippen molar-refractivity contribution in [1.82, 2.24) is 3.96 Å². The zero-order valence-corrected chi connectivity index (χ0v) is 17.3. The minimum Gasteiger partial charge on any atom is -0.495 e. The third kappa shape index (κ3) is 2.58. The Balaban J connectivity index is 2.05. The highest BCUT2D eigenvalue weighted by Gasteiger charge is 2.34. The molecule has 26 heavy (non-hydrogen) atoms. The van der Waals surface area contributed by atoms with Gasteiger partial charge in [0.25, 0.3) is 0 Å². The summed E-state index contributed by atoms with van der Waals surface area (Å²) in [5, 5.41) is 3.67. The number of hydrogen-bond donors (Lipinski definition) is 1. The van der Waals surface area contributed by atoms with E-state index in [1.54, 1.807) is 18.6 Å². The molecule has 0 atom stereocenters. The molecule has 0 saturated heterocycles. The number of fused-ring (bicyclic) bond motifs is 3. The minimum atomic E-state index is -0.182. The van der Waals surface area contributed by atoms with E-state index in [1.807, 2.05) is 6.07 Å². The Kier molecular flexibility index (Phi) is 3.97. The molecule has 0 spiro atoms. The first-order valence-corrected chi connectivity index (χ1v) is 9.81. The summed E-state index contributed by atoms with van der Waals surface area (Å²) >= 11 is 7.66. The van der Waals surface area contributed by atoms with Crippen LogP contribution in [0.4, 0.5) is 5.69 Å². The van der Waals surface area contributed by atoms with Crippen LogP contribution < -0.4 is 10.1 Å². The van der Waals surface area contributed by atoms with Crippen LogP contribution >= 0.6 is 23.8 Å². The van der Waals surface area contributed by atoms with E-state index in [-0.39, 0.29) is 5.54 Å². The van der Waals surface area contributed by atoms with E-state index in [9.17, 15) is 0 Å². The van der Waals surface area contributed by atoms with Crippen LogP contribution in [-0.4, -0.2) is 11.1 Å². The molecule has 5 heteroatoms. The predicted octanol–water partition coefficient (Wildman–Crippen LogP) is 6.22. The average Bonchev–Trinajstić information content (AvgIpc) is 2.94. The first kappa shape index (κ1) is 17.3. The Morgan fingerprint density at radius 3 is 2.50 bits per heavy atom. The molecule has 1 N–H and O–H groups in total. The van der Waals surface area contributed by atoms with Gasteiger partial charge in [-0.2, -0.15) is 0 Å². The Labute approximate surface area is 163 Å². The molecule has 0 radical (unpaired) electrons. The number of hydrogen-bond acceptors (Lipinski definition) is 4. The molecule has 134 valence electrons. The molecular weight excluding hydrogens is 360 g/mol. The molecule has 1 aliphatic heterocycles. The van der Waals surface area contributed by atoms with E-state index in [1.165, 1.54) is 21.6 Å². The predicted molar refractivity (Wildman–Crippen MR) is 113 cm³/mol. The highest BCUT2D eigenvalue weighted by atomic mass is 32.1. The lowest BCUT2D eigenvalue weighted by atomic mass is 9.89. The summed E-state index contributed by atoms with van der Waals surface area (Å²) in [6.45, 7) is 8.62. The number of nitrogens with zero attached hydrogens (tertiary/aromatic N) is 1. The van der Waals surface area contributed by atoms with Gasteiger partial charge in [-0.15, -0.1) is 0 Å². The van der Waals surface area contributed by atoms with Crippen LogP contribution in [-0.2, 0) is 5.54 Å². The summed E-state index contributed by atoms with van der Waals surface area (Å²) < 4.78 is 8.58. The molecule has 2 aromatic carbocycles. The van der Waals surface area contributed by atoms with Gasteiger partial charge in [0.15, 0.2) is 0 Å². The molecule has 0 amide bonds. The van der Waals surface area contributed by atoms with E-state index in [0.29, 0.717) is 0 Å². The second-order valence-corrected chi connectivity index (χ2v) is 8.71. The largest absolute Gasteiger partial charge is 0.495 e. The Hall–Kier alpha value is -2.11. The van der Waals surface area contributed by atoms with Crippen molar-refractivity contribution in [2.24, 2.45) is 0 Å². The molecule has 3 aromatic rings. The average molecular weight is 383 g/mol. The second-order valence-electron chi connectivity index (χ2n) is 7.37. The van der Waals surface area contributed by atoms with Gasteiger partial charge in [0.05, 0.1) is 23.2 Å². The summed E-state index contributed by atoms with van der Waals surface area (Å²) in [6, 6.07) is 12.7. The number of aromatic nitrogens is 1. The summed E-state index contributed by atoms with van der Waals surface area (Å²) in [5.41, 5.74) is 6.72. The quantitative estimate of drug-likeness (QED) is 0.533. The molecule has 4 rings (SSSR count). The van der Waals surface area contributed by atoms with Gasteiger partial charge in [-0.1, -0.05) is 41.4 Å². The van der Waals surface area contributed by atoms with Crippen molar-refractivity contribution in [3.05, 3.63) is 57.0 Å². The summed E-state index contributed by atoms with van der Waals surface area (Å²) in [6.07, 6.45) is 0. The van der Waals surface area contributed by atoms with Gasteiger partial charge in [-0.05, 0) is 57.5 Å². The Bertz CT molecular complexity index is 1080. The third-order valence-corrected chi connectivity index (χ3v) is 6.78. The van der Waals surface area contributed by atoms with Crippen molar-refractivity contribution in [2.75, 3.05) is 12.4 Å². The van der Waals surface area contributed by atoms with Crippen LogP contribution in [0.5, 0.6) is 5.75 Å². The smallest absolute Gasteiger partial charge is 0.143 e. The maximum atomic E-state index is 5.96. The molecule has 2 heterocycles. The lowest BCUT2D eigenvalue weighted by molar-refractivity contribution is 0.413. The lowest BCUT2D eigenvalue weighted by Crippen LogP contribution is -2.30. The van der Waals surface area contributed by atoms with E-state index in [4.69, 9.17) is 17.0 Å². The van der Waals surface area contributed by atoms with Crippen molar-refractivity contribution in [2.45, 2.75) is 33.2 Å². The summed E-state index contributed by atoms with van der Waals surface area (Å²) in [7, 11) is 1.70. The van der Waals surface area contributed by atoms with Crippen molar-refractivity contribution >= 4 is 29.4 Å². The van der Waals surface area contributed by atoms with E-state index < -0.39 is 0 Å². The van der Waals surface area contributed by atoms with E-state index in [0.717, 1.165) is 27.3 Å². The zero-order chi connectivity index (χ0) is 18.6. The topological polar surface area (TPSA) is 26.2 Å². The van der Waals surface area contributed by atoms with Crippen molar-refractivity contribution in [1.29, 1.82) is 0 Å². The van der Waals surface area contributed by atoms with Crippen LogP contribution in [0.2, 0.25) is 0 Å². The fourth-order valence-corrected chi connectivity index (χ4v) is 5.19. The van der Waals surface area contributed by atoms with Crippen LogP contribution in [0.1, 0.15) is 29.9 Å². The van der Waals surface area contributed by atoms with Crippen LogP contribution in [0.15, 0.2) is 36.4 Å². The Morgan fingerprint density at radius 2 is 1.77 bits per heavy atom. The first-order valence-electron chi connectivity index (χ1n) is 8.63. The first-order chi connectivity index (χ1) is 12.3. The number of ether oxygens (including phenoxy) is 1. The normalized spacial score (nSPS) is 14.3. The van der Waals surface area contributed by atoms with Gasteiger partial charge in [0.2, 0.25) is 0 Å². The highest BCUT2D eigenvalue weighted by Crippen LogP contribution is 2.48. The monoisotopic (exact) mass is 382 g/mol. The Morgan fingerprint density at radius 1 is 1.08 bits per heavy atom. The van der Waals surface area contributed by atoms with Crippen molar-refractivity contribution in [3.8, 4) is 22.6 Å². The van der Waals surface area contributed by atoms with E-state index in [2.05, 4.69) is 67.3 Å². The summed E-state index contributed by atoms with van der Waals surface area (Å²) in [5.74, 6) is 0.834. The van der Waals surface area contributed by atoms with Crippen LogP contribution in [0, 0.1) is 18.5 Å². The third-order valence-electron chi connectivity index (χ3n) is 4.82. The maximum absolute atomic E-state index is 5.96. The van der Waals surface area contributed by atoms with Gasteiger partial charge in [-0.25, -0.2) is 0 Å². The highest BCUT2D eigenvalue weighted by molar-refractivity contribution is 7.71. The van der Waals surface area contributed by atoms with Gasteiger partial charge in [0.1, 0.15) is 10.4 Å². The van der Waals surface area contributed by atoms with Gasteiger partial charge >= 0.3 is 0 Å². The van der Waals surface area contributed by atoms with E-state index >= 15 is 0 Å². The number of methoxy groups -OCH3 is 1. The van der Waals surface area contributed by atoms with Gasteiger partial charge < -0.3 is 10.1 Å². The summed E-state index contributed by atoms with van der Waals surface area (Å²) in [4.78, 5) is 1.25. The SMILES string of the molecule is COc1ccc(C)cc1-n1sc2c(c1=S)-c1cc(C)ccc1NC2(C)C. The van der Waals surface area contributed by atoms with Gasteiger partial charge in [0, 0.05) is 16.8 Å². The standard InChI is InChI=1S/C21H22N2OS2/c1-12-6-8-15-14(10-12)18-19(21(3,4)22-15)26-23(20(18)25)16-11-13(2)7-9-17(16)24-5/h6-11,22H,1-5H3. The number of nitrogens with one attached hydrogen (secondary N) is 1. The molecule has 1 aliphatic rings. The molecule has 0 bridgehead atoms. The molecular formula is C21H22N2OS2. The van der Waals surface area contributed by atoms with Crippen molar-refractivity contribution < 1.29 is 4.74 Å². The molecule has 1 aromatic heterocycles. The molecule has 3 nitrogen and oxygen atoms in total. The number of aryl methyl sites for hydroxylation is 2. The number of benzene rings is 2. The molecule has 0 unspecified atom stereocenters. The fraction of sp³-hybridized carbons (Fsp3) is 0.286. The van der Waals surface area contributed by atoms with Gasteiger partial charge in [-0.3, -0.25) is 3.96 Å². The number of rotatable bonds is 2.